The fraction of sp³-hybridized carbons (Fsp3) is 0.800. The Labute approximate surface area is 206 Å². The van der Waals surface area contributed by atoms with Crippen LogP contribution in [-0.2, 0) is 27.2 Å². The maximum absolute atomic E-state index is 14.1. The number of hydrogen-bond acceptors (Lipinski definition) is 6. The molecule has 0 radical (unpaired) electrons. The van der Waals surface area contributed by atoms with E-state index in [1.54, 1.807) is 0 Å². The lowest BCUT2D eigenvalue weighted by molar-refractivity contribution is 0.0659. The minimum absolute atomic E-state index is 0.259. The van der Waals surface area contributed by atoms with Crippen molar-refractivity contribution in [1.29, 1.82) is 0 Å². The second kappa shape index (κ2) is 9.12. The van der Waals surface area contributed by atoms with Gasteiger partial charge in [-0.2, -0.15) is 0 Å². The molecule has 2 spiro atoms. The molecule has 30 heavy (non-hydrogen) atoms. The fourth-order valence-electron chi connectivity index (χ4n) is 5.16. The van der Waals surface area contributed by atoms with E-state index in [0.717, 1.165) is 71.4 Å². The van der Waals surface area contributed by atoms with Gasteiger partial charge in [0.1, 0.15) is 11.2 Å². The van der Waals surface area contributed by atoms with Crippen LogP contribution in [0.2, 0.25) is 0 Å². The van der Waals surface area contributed by atoms with Gasteiger partial charge in [-0.1, -0.05) is 38.5 Å². The van der Waals surface area contributed by atoms with E-state index in [4.69, 9.17) is 18.1 Å². The highest BCUT2D eigenvalue weighted by Crippen LogP contribution is 2.81. The van der Waals surface area contributed by atoms with Gasteiger partial charge in [0.25, 0.3) is 0 Å². The Balaban J connectivity index is 1.92. The molecule has 10 heteroatoms. The van der Waals surface area contributed by atoms with Crippen molar-refractivity contribution in [2.75, 3.05) is 13.2 Å². The molecule has 2 saturated carbocycles. The van der Waals surface area contributed by atoms with Crippen LogP contribution < -0.4 is 0 Å². The van der Waals surface area contributed by atoms with Gasteiger partial charge in [0.2, 0.25) is 0 Å². The minimum Gasteiger partial charge on any atom is -0.305 e. The van der Waals surface area contributed by atoms with Crippen LogP contribution in [0.4, 0.5) is 0 Å². The summed E-state index contributed by atoms with van der Waals surface area (Å²) in [5, 5.41) is 0.936. The van der Waals surface area contributed by atoms with Gasteiger partial charge in [-0.15, -0.1) is 0 Å². The Morgan fingerprint density at radius 3 is 1.37 bits per heavy atom. The first-order valence-corrected chi connectivity index (χ1v) is 16.2. The summed E-state index contributed by atoms with van der Waals surface area (Å²) in [5.74, 6) is 0. The molecule has 0 bridgehead atoms. The van der Waals surface area contributed by atoms with Crippen molar-refractivity contribution in [2.24, 2.45) is 0 Å². The highest BCUT2D eigenvalue weighted by Gasteiger charge is 2.62. The summed E-state index contributed by atoms with van der Waals surface area (Å²) in [6.07, 6.45) is 9.59. The normalized spacial score (nSPS) is 35.7. The van der Waals surface area contributed by atoms with E-state index in [1.165, 1.54) is 0 Å². The maximum Gasteiger partial charge on any atom is 0.364 e. The molecule has 170 valence electrons. The van der Waals surface area contributed by atoms with Crippen molar-refractivity contribution >= 4 is 60.4 Å². The molecule has 0 N–H and O–H groups in total. The number of rotatable bonds is 5. The van der Waals surface area contributed by atoms with Gasteiger partial charge in [-0.3, -0.25) is 18.2 Å². The summed E-state index contributed by atoms with van der Waals surface area (Å²) in [5.41, 5.74) is -1.22. The predicted octanol–water partition coefficient (Wildman–Crippen LogP) is 8.21. The van der Waals surface area contributed by atoms with Gasteiger partial charge < -0.3 is 9.05 Å². The van der Waals surface area contributed by atoms with Crippen LogP contribution in [0.15, 0.2) is 17.8 Å². The monoisotopic (exact) mass is 682 g/mol. The Morgan fingerprint density at radius 2 is 1.07 bits per heavy atom. The van der Waals surface area contributed by atoms with E-state index >= 15 is 0 Å². The summed E-state index contributed by atoms with van der Waals surface area (Å²) in [4.78, 5) is 0. The summed E-state index contributed by atoms with van der Waals surface area (Å²) in [6, 6.07) is 0. The zero-order valence-corrected chi connectivity index (χ0v) is 23.7. The highest BCUT2D eigenvalue weighted by atomic mass is 127. The molecular formula is C20H30I2O6P2. The van der Waals surface area contributed by atoms with E-state index in [9.17, 15) is 9.13 Å². The fourth-order valence-corrected chi connectivity index (χ4v) is 14.6. The lowest BCUT2D eigenvalue weighted by Crippen LogP contribution is -2.31. The number of allylic oxidation sites excluding steroid dienone is 2. The van der Waals surface area contributed by atoms with E-state index in [0.29, 0.717) is 10.6 Å². The van der Waals surface area contributed by atoms with Gasteiger partial charge in [-0.25, -0.2) is 0 Å². The molecule has 4 rings (SSSR count). The molecule has 4 aliphatic rings. The molecule has 2 fully saturated rings. The lowest BCUT2D eigenvalue weighted by Gasteiger charge is -2.33. The maximum atomic E-state index is 14.1. The molecule has 0 aromatic carbocycles. The topological polar surface area (TPSA) is 71.1 Å². The van der Waals surface area contributed by atoms with Crippen LogP contribution in [0.25, 0.3) is 0 Å². The molecule has 0 amide bonds. The zero-order chi connectivity index (χ0) is 21.6. The summed E-state index contributed by atoms with van der Waals surface area (Å²) >= 11 is 4.54. The quantitative estimate of drug-likeness (QED) is 0.215. The van der Waals surface area contributed by atoms with Crippen LogP contribution >= 0.6 is 60.4 Å². The van der Waals surface area contributed by atoms with E-state index in [2.05, 4.69) is 45.2 Å². The second-order valence-corrected chi connectivity index (χ2v) is 14.4. The van der Waals surface area contributed by atoms with Gasteiger partial charge in [0, 0.05) is 7.16 Å². The predicted molar refractivity (Wildman–Crippen MR) is 134 cm³/mol. The first-order chi connectivity index (χ1) is 14.3. The van der Waals surface area contributed by atoms with Crippen molar-refractivity contribution in [3.05, 3.63) is 17.8 Å². The summed E-state index contributed by atoms with van der Waals surface area (Å²) in [7, 11) is -7.30. The molecule has 0 aromatic rings. The van der Waals surface area contributed by atoms with Crippen molar-refractivity contribution in [3.8, 4) is 0 Å². The van der Waals surface area contributed by atoms with Crippen molar-refractivity contribution in [2.45, 2.75) is 89.3 Å². The second-order valence-electron chi connectivity index (χ2n) is 8.45. The van der Waals surface area contributed by atoms with Gasteiger partial charge in [0.05, 0.1) is 23.8 Å². The largest absolute Gasteiger partial charge is 0.364 e. The molecule has 2 unspecified atom stereocenters. The SMILES string of the molecule is CCOP1(=O)OC2(CCCCC2)C(I)=C1C1=C(I)C2(CCCCC2)OP1(=O)OCC. The average molecular weight is 682 g/mol. The molecule has 6 nitrogen and oxygen atoms in total. The smallest absolute Gasteiger partial charge is 0.305 e. The third-order valence-corrected chi connectivity index (χ3v) is 14.9. The summed E-state index contributed by atoms with van der Waals surface area (Å²) in [6.45, 7) is 4.15. The third-order valence-electron chi connectivity index (χ3n) is 6.50. The molecule has 0 aromatic heterocycles. The lowest BCUT2D eigenvalue weighted by atomic mass is 9.83. The molecule has 0 saturated heterocycles. The molecule has 2 aliphatic heterocycles. The van der Waals surface area contributed by atoms with Gasteiger partial charge in [-0.05, 0) is 84.7 Å². The van der Waals surface area contributed by atoms with Gasteiger partial charge >= 0.3 is 15.2 Å². The van der Waals surface area contributed by atoms with Crippen LogP contribution in [-0.4, -0.2) is 24.4 Å². The van der Waals surface area contributed by atoms with E-state index in [1.807, 2.05) is 13.8 Å². The zero-order valence-electron chi connectivity index (χ0n) is 17.6. The molecule has 2 atom stereocenters. The Bertz CT molecular complexity index is 785. The van der Waals surface area contributed by atoms with Crippen LogP contribution in [0.5, 0.6) is 0 Å². The first-order valence-electron chi connectivity index (χ1n) is 11.0. The van der Waals surface area contributed by atoms with Crippen LogP contribution in [0.3, 0.4) is 0 Å². The summed E-state index contributed by atoms with van der Waals surface area (Å²) < 4.78 is 54.3. The first kappa shape index (κ1) is 24.4. The van der Waals surface area contributed by atoms with Crippen molar-refractivity contribution in [3.63, 3.8) is 0 Å². The standard InChI is InChI=1S/C20H30I2O6P2/c1-3-25-29(23)15(17(21)19(27-29)11-7-5-8-12-19)16-18(22)20(13-9-6-10-14-20)28-30(16,24)26-4-2/h3-14H2,1-2H3. The van der Waals surface area contributed by atoms with E-state index < -0.39 is 26.4 Å². The Morgan fingerprint density at radius 1 is 0.733 bits per heavy atom. The molecule has 2 heterocycles. The van der Waals surface area contributed by atoms with Crippen molar-refractivity contribution < 1.29 is 27.2 Å². The van der Waals surface area contributed by atoms with Crippen LogP contribution in [0.1, 0.15) is 78.1 Å². The molecular weight excluding hydrogens is 652 g/mol. The Kier molecular flexibility index (Phi) is 7.41. The minimum atomic E-state index is -3.65. The number of halogens is 2. The third kappa shape index (κ3) is 3.91. The highest BCUT2D eigenvalue weighted by molar-refractivity contribution is 14.1. The van der Waals surface area contributed by atoms with Gasteiger partial charge in [0.15, 0.2) is 0 Å². The van der Waals surface area contributed by atoms with Crippen LogP contribution in [0, 0.1) is 0 Å². The number of hydrogen-bond donors (Lipinski definition) is 0. The van der Waals surface area contributed by atoms with E-state index in [-0.39, 0.29) is 13.2 Å². The average Bonchev–Trinajstić information content (AvgIpc) is 3.02. The Hall–Kier alpha value is 1.24. The van der Waals surface area contributed by atoms with Crippen molar-refractivity contribution in [1.82, 2.24) is 0 Å². The molecule has 2 aliphatic carbocycles.